The maximum Gasteiger partial charge on any atom is 0.249 e. The van der Waals surface area contributed by atoms with Crippen LogP contribution in [0.5, 0.6) is 0 Å². The lowest BCUT2D eigenvalue weighted by atomic mass is 10.1. The fraction of sp³-hybridized carbons (Fsp3) is 0.308. The van der Waals surface area contributed by atoms with Crippen LogP contribution >= 0.6 is 0 Å². The second-order valence-electron chi connectivity index (χ2n) is 4.62. The molecule has 1 aromatic carbocycles. The van der Waals surface area contributed by atoms with Crippen LogP contribution in [0.2, 0.25) is 0 Å². The molecule has 100 valence electrons. The molecule has 0 spiro atoms. The zero-order chi connectivity index (χ0) is 14.2. The molecular formula is C13H15N3O3. The fourth-order valence-corrected chi connectivity index (χ4v) is 2.31. The molecule has 4 N–H and O–H groups in total. The van der Waals surface area contributed by atoms with Crippen molar-refractivity contribution < 1.29 is 14.4 Å². The molecule has 1 atom stereocenters. The van der Waals surface area contributed by atoms with Gasteiger partial charge in [-0.15, -0.1) is 0 Å². The molecule has 6 nitrogen and oxygen atoms in total. The highest BCUT2D eigenvalue weighted by atomic mass is 16.2. The molecule has 1 heterocycles. The Bertz CT molecular complexity index is 568. The smallest absolute Gasteiger partial charge is 0.249 e. The Kier molecular flexibility index (Phi) is 3.25. The van der Waals surface area contributed by atoms with E-state index >= 15 is 0 Å². The topological polar surface area (TPSA) is 106 Å². The fourth-order valence-electron chi connectivity index (χ4n) is 2.31. The van der Waals surface area contributed by atoms with E-state index in [4.69, 9.17) is 11.5 Å². The average molecular weight is 261 g/mol. The largest absolute Gasteiger partial charge is 0.369 e. The molecule has 19 heavy (non-hydrogen) atoms. The van der Waals surface area contributed by atoms with Gasteiger partial charge < -0.3 is 16.4 Å². The van der Waals surface area contributed by atoms with Gasteiger partial charge in [0.2, 0.25) is 17.7 Å². The van der Waals surface area contributed by atoms with Crippen LogP contribution in [0.3, 0.4) is 0 Å². The Labute approximate surface area is 110 Å². The number of nitrogens with two attached hydrogens (primary N) is 2. The minimum Gasteiger partial charge on any atom is -0.369 e. The monoisotopic (exact) mass is 261 g/mol. The lowest BCUT2D eigenvalue weighted by Gasteiger charge is -2.20. The first-order valence-electron chi connectivity index (χ1n) is 5.91. The minimum absolute atomic E-state index is 0.107. The number of rotatable bonds is 3. The van der Waals surface area contributed by atoms with Crippen molar-refractivity contribution in [1.29, 1.82) is 0 Å². The standard InChI is InChI=1S/C13H15N3O3/c1-7-9(13(15)19)3-2-4-10(7)16-6-8(12(14)18)5-11(16)17/h2-4,8H,5-6H2,1H3,(H2,14,18)(H2,15,19)/t8-/m1/s1. The lowest BCUT2D eigenvalue weighted by molar-refractivity contribution is -0.123. The first-order valence-corrected chi connectivity index (χ1v) is 5.91. The first kappa shape index (κ1) is 13.1. The number of primary amides is 2. The highest BCUT2D eigenvalue weighted by molar-refractivity contribution is 6.02. The Balaban J connectivity index is 2.38. The predicted octanol–water partition coefficient (Wildman–Crippen LogP) is -0.0679. The maximum atomic E-state index is 11.9. The zero-order valence-corrected chi connectivity index (χ0v) is 10.6. The predicted molar refractivity (Wildman–Crippen MR) is 69.4 cm³/mol. The number of amides is 3. The van der Waals surface area contributed by atoms with Crippen LogP contribution in [-0.4, -0.2) is 24.3 Å². The van der Waals surface area contributed by atoms with Crippen LogP contribution < -0.4 is 16.4 Å². The number of anilines is 1. The van der Waals surface area contributed by atoms with Crippen molar-refractivity contribution >= 4 is 23.4 Å². The van der Waals surface area contributed by atoms with Crippen LogP contribution in [0.25, 0.3) is 0 Å². The van der Waals surface area contributed by atoms with Gasteiger partial charge in [0.05, 0.1) is 5.92 Å². The van der Waals surface area contributed by atoms with Crippen molar-refractivity contribution in [2.75, 3.05) is 11.4 Å². The quantitative estimate of drug-likeness (QED) is 0.795. The number of hydrogen-bond donors (Lipinski definition) is 2. The zero-order valence-electron chi connectivity index (χ0n) is 10.6. The normalized spacial score (nSPS) is 18.7. The summed E-state index contributed by atoms with van der Waals surface area (Å²) in [4.78, 5) is 35.8. The molecule has 1 aliphatic rings. The van der Waals surface area contributed by atoms with Crippen molar-refractivity contribution in [3.63, 3.8) is 0 Å². The molecule has 0 aliphatic carbocycles. The van der Waals surface area contributed by atoms with Crippen molar-refractivity contribution in [3.05, 3.63) is 29.3 Å². The van der Waals surface area contributed by atoms with Crippen LogP contribution in [-0.2, 0) is 9.59 Å². The van der Waals surface area contributed by atoms with E-state index in [1.807, 2.05) is 0 Å². The SMILES string of the molecule is Cc1c(C(N)=O)cccc1N1C[C@H](C(N)=O)CC1=O. The molecule has 0 unspecified atom stereocenters. The highest BCUT2D eigenvalue weighted by Gasteiger charge is 2.34. The van der Waals surface area contributed by atoms with Gasteiger partial charge >= 0.3 is 0 Å². The van der Waals surface area contributed by atoms with E-state index in [9.17, 15) is 14.4 Å². The van der Waals surface area contributed by atoms with E-state index in [2.05, 4.69) is 0 Å². The van der Waals surface area contributed by atoms with E-state index in [1.165, 1.54) is 4.90 Å². The number of benzene rings is 1. The maximum absolute atomic E-state index is 11.9. The Morgan fingerprint density at radius 2 is 2.00 bits per heavy atom. The van der Waals surface area contributed by atoms with Gasteiger partial charge in [-0.3, -0.25) is 14.4 Å². The number of hydrogen-bond acceptors (Lipinski definition) is 3. The molecule has 2 rings (SSSR count). The van der Waals surface area contributed by atoms with E-state index < -0.39 is 17.7 Å². The highest BCUT2D eigenvalue weighted by Crippen LogP contribution is 2.29. The van der Waals surface area contributed by atoms with E-state index in [-0.39, 0.29) is 18.9 Å². The first-order chi connectivity index (χ1) is 8.91. The molecule has 0 bridgehead atoms. The van der Waals surface area contributed by atoms with Gasteiger partial charge in [0.1, 0.15) is 0 Å². The second kappa shape index (κ2) is 4.72. The summed E-state index contributed by atoms with van der Waals surface area (Å²) in [6, 6.07) is 4.99. The third kappa shape index (κ3) is 2.29. The van der Waals surface area contributed by atoms with E-state index in [0.29, 0.717) is 16.8 Å². The third-order valence-electron chi connectivity index (χ3n) is 3.39. The summed E-state index contributed by atoms with van der Waals surface area (Å²) in [6.45, 7) is 1.97. The second-order valence-corrected chi connectivity index (χ2v) is 4.62. The van der Waals surface area contributed by atoms with Crippen molar-refractivity contribution in [1.82, 2.24) is 0 Å². The number of carbonyl (C=O) groups excluding carboxylic acids is 3. The Morgan fingerprint density at radius 1 is 1.32 bits per heavy atom. The van der Waals surface area contributed by atoms with Crippen molar-refractivity contribution in [2.24, 2.45) is 17.4 Å². The van der Waals surface area contributed by atoms with Gasteiger partial charge in [0, 0.05) is 24.2 Å². The van der Waals surface area contributed by atoms with Crippen LogP contribution in [0, 0.1) is 12.8 Å². The van der Waals surface area contributed by atoms with Crippen molar-refractivity contribution in [3.8, 4) is 0 Å². The van der Waals surface area contributed by atoms with E-state index in [1.54, 1.807) is 25.1 Å². The molecule has 1 aliphatic heterocycles. The van der Waals surface area contributed by atoms with Gasteiger partial charge in [-0.2, -0.15) is 0 Å². The average Bonchev–Trinajstić information content (AvgIpc) is 2.71. The molecule has 0 radical (unpaired) electrons. The summed E-state index contributed by atoms with van der Waals surface area (Å²) in [7, 11) is 0. The molecular weight excluding hydrogens is 246 g/mol. The van der Waals surface area contributed by atoms with Crippen LogP contribution in [0.1, 0.15) is 22.3 Å². The molecule has 1 saturated heterocycles. The van der Waals surface area contributed by atoms with E-state index in [0.717, 1.165) is 0 Å². The molecule has 0 saturated carbocycles. The van der Waals surface area contributed by atoms with Gasteiger partial charge in [-0.1, -0.05) is 6.07 Å². The molecule has 1 fully saturated rings. The third-order valence-corrected chi connectivity index (χ3v) is 3.39. The molecule has 1 aromatic rings. The number of carbonyl (C=O) groups is 3. The summed E-state index contributed by atoms with van der Waals surface area (Å²) in [5.41, 5.74) is 12.1. The molecule has 6 heteroatoms. The van der Waals surface area contributed by atoms with Gasteiger partial charge in [0.25, 0.3) is 0 Å². The lowest BCUT2D eigenvalue weighted by Crippen LogP contribution is -2.29. The molecule has 3 amide bonds. The Hall–Kier alpha value is -2.37. The summed E-state index contributed by atoms with van der Waals surface area (Å²) < 4.78 is 0. The molecule has 0 aromatic heterocycles. The van der Waals surface area contributed by atoms with Crippen LogP contribution in [0.15, 0.2) is 18.2 Å². The van der Waals surface area contributed by atoms with Crippen molar-refractivity contribution in [2.45, 2.75) is 13.3 Å². The van der Waals surface area contributed by atoms with Gasteiger partial charge in [0.15, 0.2) is 0 Å². The van der Waals surface area contributed by atoms with Gasteiger partial charge in [-0.25, -0.2) is 0 Å². The summed E-state index contributed by atoms with van der Waals surface area (Å²) in [5.74, 6) is -1.69. The summed E-state index contributed by atoms with van der Waals surface area (Å²) in [6.07, 6.45) is 0.107. The number of nitrogens with zero attached hydrogens (tertiary/aromatic N) is 1. The minimum atomic E-state index is -0.544. The summed E-state index contributed by atoms with van der Waals surface area (Å²) in [5, 5.41) is 0. The van der Waals surface area contributed by atoms with Crippen LogP contribution in [0.4, 0.5) is 5.69 Å². The summed E-state index contributed by atoms with van der Waals surface area (Å²) >= 11 is 0. The Morgan fingerprint density at radius 3 is 2.53 bits per heavy atom. The van der Waals surface area contributed by atoms with Gasteiger partial charge in [-0.05, 0) is 24.6 Å².